The van der Waals surface area contributed by atoms with E-state index in [1.54, 1.807) is 32.8 Å². The van der Waals surface area contributed by atoms with E-state index in [-0.39, 0.29) is 41.2 Å². The summed E-state index contributed by atoms with van der Waals surface area (Å²) in [7, 11) is 0. The summed E-state index contributed by atoms with van der Waals surface area (Å²) in [4.78, 5) is 45.2. The van der Waals surface area contributed by atoms with Gasteiger partial charge in [-0.15, -0.1) is 11.3 Å². The number of nitrogens with zero attached hydrogens (tertiary/aromatic N) is 3. The number of hydrogen-bond acceptors (Lipinski definition) is 6. The number of aromatic nitrogens is 1. The summed E-state index contributed by atoms with van der Waals surface area (Å²) in [5.74, 6) is -0.728. The summed E-state index contributed by atoms with van der Waals surface area (Å²) in [6, 6.07) is 4.76. The maximum absolute atomic E-state index is 14.7. The van der Waals surface area contributed by atoms with E-state index in [0.29, 0.717) is 38.3 Å². The molecule has 0 bridgehead atoms. The van der Waals surface area contributed by atoms with Gasteiger partial charge in [-0.3, -0.25) is 19.8 Å². The van der Waals surface area contributed by atoms with Crippen molar-refractivity contribution in [2.45, 2.75) is 38.1 Å². The highest BCUT2D eigenvalue weighted by atomic mass is 32.1. The predicted molar refractivity (Wildman–Crippen MR) is 125 cm³/mol. The van der Waals surface area contributed by atoms with Crippen molar-refractivity contribution in [3.8, 4) is 0 Å². The third-order valence-corrected chi connectivity index (χ3v) is 7.86. The molecule has 0 spiro atoms. The first-order valence-electron chi connectivity index (χ1n) is 11.8. The quantitative estimate of drug-likeness (QED) is 0.693. The molecule has 2 aromatic rings. The van der Waals surface area contributed by atoms with Crippen molar-refractivity contribution < 1.29 is 18.8 Å². The molecule has 1 aromatic heterocycles. The van der Waals surface area contributed by atoms with Crippen molar-refractivity contribution >= 4 is 29.1 Å². The highest BCUT2D eigenvalue weighted by molar-refractivity contribution is 7.07. The van der Waals surface area contributed by atoms with Crippen LogP contribution in [0.5, 0.6) is 0 Å². The van der Waals surface area contributed by atoms with Gasteiger partial charge in [0.05, 0.1) is 11.1 Å². The van der Waals surface area contributed by atoms with E-state index in [9.17, 15) is 18.8 Å². The van der Waals surface area contributed by atoms with Crippen molar-refractivity contribution in [1.29, 1.82) is 0 Å². The Bertz CT molecular complexity index is 1070. The van der Waals surface area contributed by atoms with Crippen LogP contribution in [0.15, 0.2) is 29.1 Å². The number of piperazine rings is 1. The second-order valence-corrected chi connectivity index (χ2v) is 9.99. The van der Waals surface area contributed by atoms with Gasteiger partial charge in [-0.05, 0) is 42.9 Å². The molecule has 2 saturated heterocycles. The lowest BCUT2D eigenvalue weighted by molar-refractivity contribution is -0.133. The van der Waals surface area contributed by atoms with E-state index in [0.717, 1.165) is 31.2 Å². The molecule has 8 nitrogen and oxygen atoms in total. The molecular formula is C24H28FN5O3S. The minimum Gasteiger partial charge on any atom is -0.335 e. The molecule has 1 saturated carbocycles. The first-order chi connectivity index (χ1) is 16.5. The molecule has 5 rings (SSSR count). The number of amides is 3. The van der Waals surface area contributed by atoms with Crippen LogP contribution in [0.1, 0.15) is 52.1 Å². The average Bonchev–Trinajstić information content (AvgIpc) is 3.41. The van der Waals surface area contributed by atoms with E-state index < -0.39 is 5.82 Å². The summed E-state index contributed by atoms with van der Waals surface area (Å²) in [6.45, 7) is 1.47. The fraction of sp³-hybridized carbons (Fsp3) is 0.500. The number of halogens is 1. The summed E-state index contributed by atoms with van der Waals surface area (Å²) in [5.41, 5.74) is 8.89. The SMILES string of the molecule is O=C1NNC(Cc2ccc(F)c(C(=O)N3CCN(C(=O)c4cscn4)CC3)c2)C2CCCCC12. The predicted octanol–water partition coefficient (Wildman–Crippen LogP) is 2.23. The zero-order chi connectivity index (χ0) is 23.7. The van der Waals surface area contributed by atoms with E-state index >= 15 is 0 Å². The summed E-state index contributed by atoms with van der Waals surface area (Å²) in [6.07, 6.45) is 4.68. The number of carbonyl (C=O) groups excluding carboxylic acids is 3. The molecule has 1 aromatic carbocycles. The maximum atomic E-state index is 14.7. The highest BCUT2D eigenvalue weighted by Gasteiger charge is 2.40. The van der Waals surface area contributed by atoms with Gasteiger partial charge in [0.1, 0.15) is 11.5 Å². The van der Waals surface area contributed by atoms with Gasteiger partial charge < -0.3 is 9.80 Å². The first-order valence-corrected chi connectivity index (χ1v) is 12.8. The minimum atomic E-state index is -0.546. The Morgan fingerprint density at radius 1 is 1.09 bits per heavy atom. The van der Waals surface area contributed by atoms with Crippen LogP contribution in [0.3, 0.4) is 0 Å². The van der Waals surface area contributed by atoms with Crippen molar-refractivity contribution in [2.24, 2.45) is 11.8 Å². The third kappa shape index (κ3) is 4.56. The van der Waals surface area contributed by atoms with Gasteiger partial charge in [0.25, 0.3) is 11.8 Å². The van der Waals surface area contributed by atoms with Gasteiger partial charge >= 0.3 is 0 Å². The monoisotopic (exact) mass is 485 g/mol. The molecule has 3 unspecified atom stereocenters. The normalized spacial score (nSPS) is 25.0. The van der Waals surface area contributed by atoms with Crippen LogP contribution in [0.25, 0.3) is 0 Å². The third-order valence-electron chi connectivity index (χ3n) is 7.28. The summed E-state index contributed by atoms with van der Waals surface area (Å²) in [5, 5.41) is 1.71. The van der Waals surface area contributed by atoms with Crippen LogP contribution >= 0.6 is 11.3 Å². The Morgan fingerprint density at radius 3 is 2.56 bits per heavy atom. The Kier molecular flexibility index (Phi) is 6.60. The van der Waals surface area contributed by atoms with Crippen LogP contribution in [0.4, 0.5) is 4.39 Å². The molecule has 2 aliphatic heterocycles. The molecule has 3 heterocycles. The molecule has 180 valence electrons. The second-order valence-electron chi connectivity index (χ2n) is 9.27. The van der Waals surface area contributed by atoms with Gasteiger partial charge in [0.2, 0.25) is 5.91 Å². The fourth-order valence-electron chi connectivity index (χ4n) is 5.41. The minimum absolute atomic E-state index is 0.0184. The Morgan fingerprint density at radius 2 is 1.82 bits per heavy atom. The van der Waals surface area contributed by atoms with E-state index in [1.165, 1.54) is 17.4 Å². The number of carbonyl (C=O) groups is 3. The van der Waals surface area contributed by atoms with Crippen LogP contribution in [0.2, 0.25) is 0 Å². The maximum Gasteiger partial charge on any atom is 0.273 e. The smallest absolute Gasteiger partial charge is 0.273 e. The number of hydrogen-bond donors (Lipinski definition) is 2. The molecule has 2 N–H and O–H groups in total. The topological polar surface area (TPSA) is 94.6 Å². The molecule has 0 radical (unpaired) electrons. The van der Waals surface area contributed by atoms with Crippen LogP contribution < -0.4 is 10.9 Å². The largest absolute Gasteiger partial charge is 0.335 e. The molecule has 3 atom stereocenters. The van der Waals surface area contributed by atoms with Crippen molar-refractivity contribution in [3.05, 3.63) is 51.7 Å². The lowest BCUT2D eigenvalue weighted by atomic mass is 9.72. The first kappa shape index (κ1) is 22.9. The Labute approximate surface area is 201 Å². The number of hydrazine groups is 1. The highest BCUT2D eigenvalue weighted by Crippen LogP contribution is 2.35. The van der Waals surface area contributed by atoms with E-state index in [2.05, 4.69) is 15.8 Å². The standard InChI is InChI=1S/C24H28FN5O3S/c25-19-6-5-15(12-20-16-3-1-2-4-17(16)22(31)28-27-20)11-18(19)23(32)29-7-9-30(10-8-29)24(33)21-13-34-14-26-21/h5-6,11,13-14,16-17,20,27H,1-4,7-10,12H2,(H,28,31). The lowest BCUT2D eigenvalue weighted by Gasteiger charge is -2.41. The summed E-state index contributed by atoms with van der Waals surface area (Å²) >= 11 is 1.37. The van der Waals surface area contributed by atoms with E-state index in [1.807, 2.05) is 0 Å². The molecule has 10 heteroatoms. The molecular weight excluding hydrogens is 457 g/mol. The molecule has 3 aliphatic rings. The van der Waals surface area contributed by atoms with Crippen LogP contribution in [0, 0.1) is 17.7 Å². The Hall–Kier alpha value is -2.85. The number of nitrogens with one attached hydrogen (secondary N) is 2. The number of benzene rings is 1. The van der Waals surface area contributed by atoms with Gasteiger partial charge in [-0.25, -0.2) is 14.8 Å². The van der Waals surface area contributed by atoms with Gasteiger partial charge in [-0.2, -0.15) is 0 Å². The molecule has 1 aliphatic carbocycles. The number of rotatable bonds is 4. The van der Waals surface area contributed by atoms with Gasteiger partial charge in [-0.1, -0.05) is 18.9 Å². The van der Waals surface area contributed by atoms with Crippen LogP contribution in [-0.4, -0.2) is 64.7 Å². The number of fused-ring (bicyclic) bond motifs is 1. The summed E-state index contributed by atoms with van der Waals surface area (Å²) < 4.78 is 14.7. The van der Waals surface area contributed by atoms with Crippen molar-refractivity contribution in [1.82, 2.24) is 25.6 Å². The number of thiazole rings is 1. The van der Waals surface area contributed by atoms with E-state index in [4.69, 9.17) is 0 Å². The van der Waals surface area contributed by atoms with Crippen molar-refractivity contribution in [2.75, 3.05) is 26.2 Å². The fourth-order valence-corrected chi connectivity index (χ4v) is 5.94. The zero-order valence-corrected chi connectivity index (χ0v) is 19.7. The van der Waals surface area contributed by atoms with Gasteiger partial charge in [0.15, 0.2) is 0 Å². The average molecular weight is 486 g/mol. The molecule has 3 fully saturated rings. The zero-order valence-electron chi connectivity index (χ0n) is 18.8. The Balaban J connectivity index is 1.24. The molecule has 3 amide bonds. The second kappa shape index (κ2) is 9.79. The molecule has 34 heavy (non-hydrogen) atoms. The van der Waals surface area contributed by atoms with Gasteiger partial charge in [0, 0.05) is 43.5 Å². The van der Waals surface area contributed by atoms with Crippen molar-refractivity contribution in [3.63, 3.8) is 0 Å². The lowest BCUT2D eigenvalue weighted by Crippen LogP contribution is -2.60. The van der Waals surface area contributed by atoms with Crippen LogP contribution in [-0.2, 0) is 11.2 Å².